The molecule has 7 nitrogen and oxygen atoms in total. The third-order valence-electron chi connectivity index (χ3n) is 4.48. The van der Waals surface area contributed by atoms with Crippen molar-refractivity contribution < 1.29 is 0 Å². The monoisotopic (exact) mass is 343 g/mol. The fraction of sp³-hybridized carbons (Fsp3) is 0.500. The molecule has 1 fully saturated rings. The lowest BCUT2D eigenvalue weighted by molar-refractivity contribution is 0.644. The lowest BCUT2D eigenvalue weighted by atomic mass is 10.3. The summed E-state index contributed by atoms with van der Waals surface area (Å²) < 4.78 is 3.06. The van der Waals surface area contributed by atoms with Crippen LogP contribution in [0.2, 0.25) is 0 Å². The average molecular weight is 343 g/mol. The van der Waals surface area contributed by atoms with E-state index in [1.165, 1.54) is 4.70 Å². The van der Waals surface area contributed by atoms with Crippen LogP contribution in [0.4, 0.5) is 10.9 Å². The molecule has 24 heavy (non-hydrogen) atoms. The summed E-state index contributed by atoms with van der Waals surface area (Å²) in [5.41, 5.74) is 3.14. The van der Waals surface area contributed by atoms with Gasteiger partial charge in [-0.2, -0.15) is 5.10 Å². The SMILES string of the molecule is CCc1cc(N2CCN(c3nc4c(s3)c(C)nn4C)CC2)ncn1. The molecule has 0 atom stereocenters. The third-order valence-corrected chi connectivity index (χ3v) is 5.69. The van der Waals surface area contributed by atoms with Gasteiger partial charge in [-0.25, -0.2) is 19.6 Å². The molecule has 0 radical (unpaired) electrons. The number of piperazine rings is 1. The van der Waals surface area contributed by atoms with Gasteiger partial charge >= 0.3 is 0 Å². The maximum atomic E-state index is 4.78. The molecule has 1 aliphatic heterocycles. The van der Waals surface area contributed by atoms with E-state index in [2.05, 4.69) is 37.9 Å². The van der Waals surface area contributed by atoms with E-state index in [0.717, 1.165) is 60.6 Å². The largest absolute Gasteiger partial charge is 0.353 e. The van der Waals surface area contributed by atoms with Gasteiger partial charge in [-0.3, -0.25) is 0 Å². The van der Waals surface area contributed by atoms with Gasteiger partial charge in [-0.15, -0.1) is 0 Å². The van der Waals surface area contributed by atoms with Gasteiger partial charge < -0.3 is 9.80 Å². The first kappa shape index (κ1) is 15.3. The van der Waals surface area contributed by atoms with Gasteiger partial charge in [0.25, 0.3) is 0 Å². The molecule has 8 heteroatoms. The fourth-order valence-corrected chi connectivity index (χ4v) is 4.17. The van der Waals surface area contributed by atoms with Gasteiger partial charge in [-0.1, -0.05) is 18.3 Å². The smallest absolute Gasteiger partial charge is 0.188 e. The predicted molar refractivity (Wildman–Crippen MR) is 97.0 cm³/mol. The first-order chi connectivity index (χ1) is 11.7. The standard InChI is InChI=1S/C16H21N7S/c1-4-12-9-13(18-10-17-12)22-5-7-23(8-6-22)16-19-15-14(24-16)11(2)20-21(15)3/h9-10H,4-8H2,1-3H3. The Bertz CT molecular complexity index is 826. The molecule has 4 rings (SSSR count). The number of thiazole rings is 1. The van der Waals surface area contributed by atoms with E-state index in [0.29, 0.717) is 0 Å². The summed E-state index contributed by atoms with van der Waals surface area (Å²) in [6.45, 7) is 7.98. The Kier molecular flexibility index (Phi) is 3.84. The molecular formula is C16H21N7S. The molecule has 0 saturated carbocycles. The third kappa shape index (κ3) is 2.60. The van der Waals surface area contributed by atoms with E-state index in [4.69, 9.17) is 4.98 Å². The average Bonchev–Trinajstić information content (AvgIpc) is 3.17. The number of hydrogen-bond donors (Lipinski definition) is 0. The highest BCUT2D eigenvalue weighted by Crippen LogP contribution is 2.31. The van der Waals surface area contributed by atoms with Gasteiger partial charge in [0, 0.05) is 45.0 Å². The van der Waals surface area contributed by atoms with E-state index < -0.39 is 0 Å². The molecular weight excluding hydrogens is 322 g/mol. The number of anilines is 2. The highest BCUT2D eigenvalue weighted by atomic mass is 32.1. The number of aryl methyl sites for hydroxylation is 3. The first-order valence-electron chi connectivity index (χ1n) is 8.26. The van der Waals surface area contributed by atoms with Crippen LogP contribution in [0, 0.1) is 6.92 Å². The lowest BCUT2D eigenvalue weighted by Crippen LogP contribution is -2.46. The summed E-state index contributed by atoms with van der Waals surface area (Å²) in [6.07, 6.45) is 2.61. The zero-order valence-electron chi connectivity index (χ0n) is 14.2. The van der Waals surface area contributed by atoms with Crippen LogP contribution in [-0.2, 0) is 13.5 Å². The lowest BCUT2D eigenvalue weighted by Gasteiger charge is -2.35. The van der Waals surface area contributed by atoms with E-state index in [9.17, 15) is 0 Å². The van der Waals surface area contributed by atoms with Crippen LogP contribution in [-0.4, -0.2) is 50.9 Å². The van der Waals surface area contributed by atoms with E-state index >= 15 is 0 Å². The summed E-state index contributed by atoms with van der Waals surface area (Å²) in [5.74, 6) is 1.03. The van der Waals surface area contributed by atoms with Crippen molar-refractivity contribution in [2.24, 2.45) is 7.05 Å². The quantitative estimate of drug-likeness (QED) is 0.725. The van der Waals surface area contributed by atoms with E-state index in [1.54, 1.807) is 17.7 Å². The second-order valence-corrected chi connectivity index (χ2v) is 7.03. The van der Waals surface area contributed by atoms with E-state index in [1.807, 2.05) is 18.7 Å². The van der Waals surface area contributed by atoms with Gasteiger partial charge in [0.2, 0.25) is 0 Å². The van der Waals surface area contributed by atoms with Crippen LogP contribution < -0.4 is 9.80 Å². The summed E-state index contributed by atoms with van der Waals surface area (Å²) in [7, 11) is 1.96. The Balaban J connectivity index is 1.49. The molecule has 1 aliphatic rings. The number of aromatic nitrogens is 5. The van der Waals surface area contributed by atoms with Crippen LogP contribution >= 0.6 is 11.3 Å². The Morgan fingerprint density at radius 2 is 1.88 bits per heavy atom. The molecule has 0 spiro atoms. The van der Waals surface area contributed by atoms with Crippen molar-refractivity contribution in [3.05, 3.63) is 23.8 Å². The van der Waals surface area contributed by atoms with Crippen molar-refractivity contribution in [1.82, 2.24) is 24.7 Å². The van der Waals surface area contributed by atoms with Crippen molar-refractivity contribution in [3.8, 4) is 0 Å². The second kappa shape index (κ2) is 6.01. The number of rotatable bonds is 3. The molecule has 0 amide bonds. The molecule has 0 unspecified atom stereocenters. The highest BCUT2D eigenvalue weighted by molar-refractivity contribution is 7.22. The van der Waals surface area contributed by atoms with Gasteiger partial charge in [0.1, 0.15) is 12.1 Å². The van der Waals surface area contributed by atoms with Crippen LogP contribution in [0.1, 0.15) is 18.3 Å². The summed E-state index contributed by atoms with van der Waals surface area (Å²) in [4.78, 5) is 18.2. The number of hydrogen-bond acceptors (Lipinski definition) is 7. The van der Waals surface area contributed by atoms with Gasteiger partial charge in [0.05, 0.1) is 10.4 Å². The maximum absolute atomic E-state index is 4.78. The first-order valence-corrected chi connectivity index (χ1v) is 9.08. The van der Waals surface area contributed by atoms with Crippen molar-refractivity contribution in [3.63, 3.8) is 0 Å². The Hall–Kier alpha value is -2.22. The molecule has 1 saturated heterocycles. The zero-order chi connectivity index (χ0) is 16.7. The van der Waals surface area contributed by atoms with Crippen LogP contribution in [0.3, 0.4) is 0 Å². The Morgan fingerprint density at radius 3 is 2.58 bits per heavy atom. The molecule has 0 bridgehead atoms. The van der Waals surface area contributed by atoms with Crippen LogP contribution in [0.25, 0.3) is 10.3 Å². The fourth-order valence-electron chi connectivity index (χ4n) is 3.09. The van der Waals surface area contributed by atoms with Crippen molar-refractivity contribution in [1.29, 1.82) is 0 Å². The normalized spacial score (nSPS) is 15.5. The minimum atomic E-state index is 0.939. The molecule has 0 aliphatic carbocycles. The molecule has 0 aromatic carbocycles. The number of nitrogens with zero attached hydrogens (tertiary/aromatic N) is 7. The molecule has 4 heterocycles. The van der Waals surface area contributed by atoms with Crippen molar-refractivity contribution >= 4 is 32.6 Å². The zero-order valence-corrected chi connectivity index (χ0v) is 15.0. The topological polar surface area (TPSA) is 63.0 Å². The second-order valence-electron chi connectivity index (χ2n) is 6.05. The molecule has 3 aromatic heterocycles. The van der Waals surface area contributed by atoms with Gasteiger partial charge in [-0.05, 0) is 13.3 Å². The number of fused-ring (bicyclic) bond motifs is 1. The summed E-state index contributed by atoms with van der Waals surface area (Å²) >= 11 is 1.74. The van der Waals surface area contributed by atoms with Gasteiger partial charge in [0.15, 0.2) is 10.8 Å². The predicted octanol–water partition coefficient (Wildman–Crippen LogP) is 2.02. The molecule has 0 N–H and O–H groups in total. The van der Waals surface area contributed by atoms with Crippen LogP contribution in [0.5, 0.6) is 0 Å². The maximum Gasteiger partial charge on any atom is 0.188 e. The Morgan fingerprint density at radius 1 is 1.12 bits per heavy atom. The minimum absolute atomic E-state index is 0.939. The minimum Gasteiger partial charge on any atom is -0.353 e. The van der Waals surface area contributed by atoms with E-state index in [-0.39, 0.29) is 0 Å². The molecule has 3 aromatic rings. The highest BCUT2D eigenvalue weighted by Gasteiger charge is 2.22. The van der Waals surface area contributed by atoms with Crippen LogP contribution in [0.15, 0.2) is 12.4 Å². The summed E-state index contributed by atoms with van der Waals surface area (Å²) in [5, 5.41) is 5.52. The van der Waals surface area contributed by atoms with Crippen molar-refractivity contribution in [2.45, 2.75) is 20.3 Å². The van der Waals surface area contributed by atoms with Crippen molar-refractivity contribution in [2.75, 3.05) is 36.0 Å². The summed E-state index contributed by atoms with van der Waals surface area (Å²) in [6, 6.07) is 2.10. The molecule has 126 valence electrons. The Labute approximate surface area is 145 Å².